The van der Waals surface area contributed by atoms with Crippen LogP contribution in [0.4, 0.5) is 11.6 Å². The molecule has 0 fully saturated rings. The molecule has 0 aliphatic carbocycles. The van der Waals surface area contributed by atoms with E-state index < -0.39 is 0 Å². The standard InChI is InChI=1S/C12H20N6O/c1-17(6-3-2-4-8-19)12-11-14-5-7-18(11)9-10(15-12)16-13/h5,7,9,16,19H,2-4,6,8,13H2,1H3. The lowest BCUT2D eigenvalue weighted by molar-refractivity contribution is 0.283. The predicted molar refractivity (Wildman–Crippen MR) is 75.0 cm³/mol. The van der Waals surface area contributed by atoms with Gasteiger partial charge in [-0.25, -0.2) is 15.8 Å². The topological polar surface area (TPSA) is 91.7 Å². The molecule has 0 aliphatic rings. The first-order valence-electron chi connectivity index (χ1n) is 6.38. The normalized spacial score (nSPS) is 10.9. The Labute approximate surface area is 112 Å². The number of nitrogens with zero attached hydrogens (tertiary/aromatic N) is 4. The second kappa shape index (κ2) is 6.35. The third-order valence-electron chi connectivity index (χ3n) is 3.02. The van der Waals surface area contributed by atoms with E-state index in [1.807, 2.05) is 17.6 Å². The van der Waals surface area contributed by atoms with Gasteiger partial charge in [-0.1, -0.05) is 0 Å². The van der Waals surface area contributed by atoms with Crippen molar-refractivity contribution < 1.29 is 5.11 Å². The molecule has 7 heteroatoms. The molecule has 2 rings (SSSR count). The maximum atomic E-state index is 8.77. The van der Waals surface area contributed by atoms with Gasteiger partial charge >= 0.3 is 0 Å². The Morgan fingerprint density at radius 3 is 3.00 bits per heavy atom. The molecule has 0 unspecified atom stereocenters. The molecular weight excluding hydrogens is 244 g/mol. The number of nitrogens with one attached hydrogen (secondary N) is 1. The second-order valence-corrected chi connectivity index (χ2v) is 4.46. The molecule has 0 saturated carbocycles. The zero-order valence-corrected chi connectivity index (χ0v) is 11.1. The Balaban J connectivity index is 2.15. The monoisotopic (exact) mass is 264 g/mol. The van der Waals surface area contributed by atoms with Gasteiger partial charge in [0.25, 0.3) is 0 Å². The molecule has 0 saturated heterocycles. The lowest BCUT2D eigenvalue weighted by atomic mass is 10.2. The third-order valence-corrected chi connectivity index (χ3v) is 3.02. The fourth-order valence-corrected chi connectivity index (χ4v) is 1.98. The molecule has 2 aromatic rings. The van der Waals surface area contributed by atoms with Crippen molar-refractivity contribution in [3.8, 4) is 0 Å². The summed E-state index contributed by atoms with van der Waals surface area (Å²) in [6.45, 7) is 1.11. The van der Waals surface area contributed by atoms with E-state index in [0.29, 0.717) is 5.82 Å². The summed E-state index contributed by atoms with van der Waals surface area (Å²) in [6, 6.07) is 0. The van der Waals surface area contributed by atoms with Crippen LogP contribution in [0.5, 0.6) is 0 Å². The molecule has 104 valence electrons. The molecule has 19 heavy (non-hydrogen) atoms. The van der Waals surface area contributed by atoms with Crippen LogP contribution in [-0.4, -0.2) is 39.7 Å². The molecule has 0 atom stereocenters. The highest BCUT2D eigenvalue weighted by atomic mass is 16.2. The maximum absolute atomic E-state index is 8.77. The van der Waals surface area contributed by atoms with Crippen LogP contribution in [0.1, 0.15) is 19.3 Å². The highest BCUT2D eigenvalue weighted by Gasteiger charge is 2.11. The fraction of sp³-hybridized carbons (Fsp3) is 0.500. The summed E-state index contributed by atoms with van der Waals surface area (Å²) < 4.78 is 1.89. The number of aliphatic hydroxyl groups excluding tert-OH is 1. The van der Waals surface area contributed by atoms with Crippen molar-refractivity contribution in [1.82, 2.24) is 14.4 Å². The number of rotatable bonds is 7. The summed E-state index contributed by atoms with van der Waals surface area (Å²) in [6.07, 6.45) is 8.24. The van der Waals surface area contributed by atoms with Gasteiger partial charge in [0.2, 0.25) is 0 Å². The van der Waals surface area contributed by atoms with Crippen LogP contribution in [-0.2, 0) is 0 Å². The highest BCUT2D eigenvalue weighted by molar-refractivity contribution is 5.66. The molecule has 0 amide bonds. The summed E-state index contributed by atoms with van der Waals surface area (Å²) in [5.74, 6) is 6.82. The SMILES string of the molecule is CN(CCCCCO)c1nc(NN)cn2ccnc12. The number of hydrazine groups is 1. The summed E-state index contributed by atoms with van der Waals surface area (Å²) in [5.41, 5.74) is 3.37. The van der Waals surface area contributed by atoms with E-state index in [9.17, 15) is 0 Å². The van der Waals surface area contributed by atoms with Crippen molar-refractivity contribution in [2.75, 3.05) is 30.5 Å². The van der Waals surface area contributed by atoms with Crippen molar-refractivity contribution in [3.05, 3.63) is 18.6 Å². The van der Waals surface area contributed by atoms with Crippen molar-refractivity contribution in [2.24, 2.45) is 5.84 Å². The van der Waals surface area contributed by atoms with Gasteiger partial charge in [-0.3, -0.25) is 0 Å². The van der Waals surface area contributed by atoms with Crippen LogP contribution in [0.3, 0.4) is 0 Å². The van der Waals surface area contributed by atoms with Crippen molar-refractivity contribution in [3.63, 3.8) is 0 Å². The molecular formula is C12H20N6O. The predicted octanol–water partition coefficient (Wildman–Crippen LogP) is 0.614. The number of aliphatic hydroxyl groups is 1. The van der Waals surface area contributed by atoms with Crippen molar-refractivity contribution in [1.29, 1.82) is 0 Å². The smallest absolute Gasteiger partial charge is 0.180 e. The Kier molecular flexibility index (Phi) is 4.53. The van der Waals surface area contributed by atoms with Crippen LogP contribution in [0.15, 0.2) is 18.6 Å². The lowest BCUT2D eigenvalue weighted by Gasteiger charge is -2.19. The van der Waals surface area contributed by atoms with Gasteiger partial charge in [-0.2, -0.15) is 0 Å². The van der Waals surface area contributed by atoms with Gasteiger partial charge in [0.15, 0.2) is 17.3 Å². The Morgan fingerprint density at radius 2 is 2.26 bits per heavy atom. The Bertz CT molecular complexity index is 526. The highest BCUT2D eigenvalue weighted by Crippen LogP contribution is 2.19. The number of imidazole rings is 1. The van der Waals surface area contributed by atoms with Crippen LogP contribution < -0.4 is 16.2 Å². The van der Waals surface area contributed by atoms with Crippen LogP contribution in [0, 0.1) is 0 Å². The van der Waals surface area contributed by atoms with Crippen LogP contribution >= 0.6 is 0 Å². The van der Waals surface area contributed by atoms with E-state index in [1.165, 1.54) is 0 Å². The van der Waals surface area contributed by atoms with E-state index in [-0.39, 0.29) is 6.61 Å². The van der Waals surface area contributed by atoms with Crippen molar-refractivity contribution in [2.45, 2.75) is 19.3 Å². The fourth-order valence-electron chi connectivity index (χ4n) is 1.98. The van der Waals surface area contributed by atoms with E-state index in [4.69, 9.17) is 10.9 Å². The summed E-state index contributed by atoms with van der Waals surface area (Å²) >= 11 is 0. The molecule has 0 aliphatic heterocycles. The number of aromatic nitrogens is 3. The minimum absolute atomic E-state index is 0.249. The number of nitrogens with two attached hydrogens (primary N) is 1. The minimum Gasteiger partial charge on any atom is -0.396 e. The number of hydrogen-bond donors (Lipinski definition) is 3. The van der Waals surface area contributed by atoms with Crippen LogP contribution in [0.2, 0.25) is 0 Å². The zero-order chi connectivity index (χ0) is 13.7. The van der Waals surface area contributed by atoms with E-state index in [1.54, 1.807) is 12.4 Å². The largest absolute Gasteiger partial charge is 0.396 e. The molecule has 4 N–H and O–H groups in total. The number of fused-ring (bicyclic) bond motifs is 1. The second-order valence-electron chi connectivity index (χ2n) is 4.46. The molecule has 0 bridgehead atoms. The van der Waals surface area contributed by atoms with Gasteiger partial charge in [0.05, 0.1) is 6.20 Å². The van der Waals surface area contributed by atoms with Gasteiger partial charge < -0.3 is 19.8 Å². The molecule has 2 aromatic heterocycles. The molecule has 2 heterocycles. The maximum Gasteiger partial charge on any atom is 0.180 e. The van der Waals surface area contributed by atoms with Gasteiger partial charge in [-0.05, 0) is 19.3 Å². The number of unbranched alkanes of at least 4 members (excludes halogenated alkanes) is 2. The number of hydrogen-bond acceptors (Lipinski definition) is 6. The van der Waals surface area contributed by atoms with Gasteiger partial charge in [0.1, 0.15) is 0 Å². The zero-order valence-electron chi connectivity index (χ0n) is 11.1. The first-order valence-corrected chi connectivity index (χ1v) is 6.38. The summed E-state index contributed by atoms with van der Waals surface area (Å²) in [7, 11) is 1.98. The summed E-state index contributed by atoms with van der Waals surface area (Å²) in [5, 5.41) is 8.77. The van der Waals surface area contributed by atoms with E-state index >= 15 is 0 Å². The molecule has 0 aromatic carbocycles. The first-order chi connectivity index (χ1) is 9.26. The molecule has 7 nitrogen and oxygen atoms in total. The first kappa shape index (κ1) is 13.6. The van der Waals surface area contributed by atoms with Gasteiger partial charge in [0, 0.05) is 32.6 Å². The van der Waals surface area contributed by atoms with Crippen LogP contribution in [0.25, 0.3) is 5.65 Å². The van der Waals surface area contributed by atoms with Gasteiger partial charge in [-0.15, -0.1) is 0 Å². The Morgan fingerprint density at radius 1 is 1.42 bits per heavy atom. The molecule has 0 spiro atoms. The van der Waals surface area contributed by atoms with E-state index in [2.05, 4.69) is 20.3 Å². The average Bonchev–Trinajstić information content (AvgIpc) is 2.90. The number of nitrogen functional groups attached to an aromatic ring is 1. The van der Waals surface area contributed by atoms with Crippen molar-refractivity contribution >= 4 is 17.3 Å². The molecule has 0 radical (unpaired) electrons. The minimum atomic E-state index is 0.249. The Hall–Kier alpha value is -1.86. The lowest BCUT2D eigenvalue weighted by Crippen LogP contribution is -2.22. The quantitative estimate of drug-likeness (QED) is 0.385. The van der Waals surface area contributed by atoms with E-state index in [0.717, 1.165) is 37.3 Å². The average molecular weight is 264 g/mol. The third kappa shape index (κ3) is 3.12. The summed E-state index contributed by atoms with van der Waals surface area (Å²) in [4.78, 5) is 10.8. The number of anilines is 2.